The standard InChI is InChI=1S/C15H24O7/c1-15(2,3)10(7-8-22-14(18)21-6)9-11(12(16)19-4)13(17)20-5/h7,11H,8-9H2,1-6H3/b10-7-. The zero-order valence-corrected chi connectivity index (χ0v) is 13.9. The molecule has 22 heavy (non-hydrogen) atoms. The van der Waals surface area contributed by atoms with Crippen molar-refractivity contribution in [3.8, 4) is 0 Å². The van der Waals surface area contributed by atoms with Crippen LogP contribution in [0.5, 0.6) is 0 Å². The first-order chi connectivity index (χ1) is 10.2. The summed E-state index contributed by atoms with van der Waals surface area (Å²) < 4.78 is 18.4. The maximum atomic E-state index is 11.7. The Kier molecular flexibility index (Phi) is 8.22. The second-order valence-electron chi connectivity index (χ2n) is 5.55. The number of esters is 2. The minimum atomic E-state index is -1.06. The Balaban J connectivity index is 5.18. The maximum Gasteiger partial charge on any atom is 0.508 e. The Bertz CT molecular complexity index is 416. The fraction of sp³-hybridized carbons (Fsp3) is 0.667. The SMILES string of the molecule is COC(=O)OC/C=C(/CC(C(=O)OC)C(=O)OC)C(C)(C)C. The first-order valence-corrected chi connectivity index (χ1v) is 6.73. The molecule has 0 heterocycles. The molecule has 0 aliphatic rings. The van der Waals surface area contributed by atoms with E-state index < -0.39 is 24.0 Å². The lowest BCUT2D eigenvalue weighted by atomic mass is 9.81. The molecule has 0 rings (SSSR count). The topological polar surface area (TPSA) is 88.1 Å². The molecular weight excluding hydrogens is 292 g/mol. The lowest BCUT2D eigenvalue weighted by Gasteiger charge is -2.25. The monoisotopic (exact) mass is 316 g/mol. The average Bonchev–Trinajstić information content (AvgIpc) is 2.47. The van der Waals surface area contributed by atoms with E-state index in [2.05, 4.69) is 14.2 Å². The van der Waals surface area contributed by atoms with Gasteiger partial charge in [-0.05, 0) is 17.9 Å². The van der Waals surface area contributed by atoms with Gasteiger partial charge in [-0.3, -0.25) is 9.59 Å². The summed E-state index contributed by atoms with van der Waals surface area (Å²) in [6.45, 7) is 5.74. The molecule has 0 aliphatic heterocycles. The van der Waals surface area contributed by atoms with Crippen LogP contribution in [0.1, 0.15) is 27.2 Å². The van der Waals surface area contributed by atoms with E-state index in [1.54, 1.807) is 6.08 Å². The van der Waals surface area contributed by atoms with Crippen molar-refractivity contribution in [3.63, 3.8) is 0 Å². The van der Waals surface area contributed by atoms with E-state index in [4.69, 9.17) is 4.74 Å². The van der Waals surface area contributed by atoms with Crippen LogP contribution in [-0.4, -0.2) is 46.0 Å². The number of hydrogen-bond acceptors (Lipinski definition) is 7. The highest BCUT2D eigenvalue weighted by Gasteiger charge is 2.32. The normalized spacial score (nSPS) is 11.9. The molecule has 0 aromatic heterocycles. The van der Waals surface area contributed by atoms with Gasteiger partial charge in [-0.15, -0.1) is 0 Å². The molecule has 0 aromatic rings. The third-order valence-corrected chi connectivity index (χ3v) is 3.06. The van der Waals surface area contributed by atoms with Crippen molar-refractivity contribution in [1.82, 2.24) is 0 Å². The number of ether oxygens (including phenoxy) is 4. The minimum Gasteiger partial charge on any atom is -0.468 e. The van der Waals surface area contributed by atoms with E-state index >= 15 is 0 Å². The molecule has 0 spiro atoms. The summed E-state index contributed by atoms with van der Waals surface area (Å²) in [4.78, 5) is 34.4. The zero-order valence-electron chi connectivity index (χ0n) is 13.9. The van der Waals surface area contributed by atoms with Gasteiger partial charge in [0.05, 0.1) is 21.3 Å². The van der Waals surface area contributed by atoms with E-state index in [1.807, 2.05) is 20.8 Å². The van der Waals surface area contributed by atoms with Crippen molar-refractivity contribution in [2.24, 2.45) is 11.3 Å². The van der Waals surface area contributed by atoms with Gasteiger partial charge < -0.3 is 18.9 Å². The first kappa shape index (κ1) is 19.9. The van der Waals surface area contributed by atoms with Crippen LogP contribution >= 0.6 is 0 Å². The van der Waals surface area contributed by atoms with E-state index in [0.717, 1.165) is 5.57 Å². The van der Waals surface area contributed by atoms with Crippen LogP contribution in [0.3, 0.4) is 0 Å². The summed E-state index contributed by atoms with van der Waals surface area (Å²) in [6.07, 6.45) is 0.963. The van der Waals surface area contributed by atoms with Gasteiger partial charge in [-0.25, -0.2) is 4.79 Å². The molecule has 0 bridgehead atoms. The van der Waals surface area contributed by atoms with Crippen LogP contribution in [0.2, 0.25) is 0 Å². The largest absolute Gasteiger partial charge is 0.508 e. The number of carbonyl (C=O) groups excluding carboxylic acids is 3. The van der Waals surface area contributed by atoms with Gasteiger partial charge in [0.25, 0.3) is 0 Å². The molecule has 0 radical (unpaired) electrons. The molecule has 0 saturated heterocycles. The molecule has 0 unspecified atom stereocenters. The molecule has 0 N–H and O–H groups in total. The summed E-state index contributed by atoms with van der Waals surface area (Å²) >= 11 is 0. The van der Waals surface area contributed by atoms with Crippen LogP contribution in [0.15, 0.2) is 11.6 Å². The highest BCUT2D eigenvalue weighted by molar-refractivity contribution is 5.95. The van der Waals surface area contributed by atoms with Crippen molar-refractivity contribution in [2.75, 3.05) is 27.9 Å². The molecule has 0 aromatic carbocycles. The second kappa shape index (κ2) is 9.07. The van der Waals surface area contributed by atoms with Crippen LogP contribution in [0, 0.1) is 11.3 Å². The molecule has 0 atom stereocenters. The second-order valence-corrected chi connectivity index (χ2v) is 5.55. The van der Waals surface area contributed by atoms with Gasteiger partial charge in [-0.2, -0.15) is 0 Å². The van der Waals surface area contributed by atoms with Gasteiger partial charge in [0.1, 0.15) is 6.61 Å². The van der Waals surface area contributed by atoms with Gasteiger partial charge in [0, 0.05) is 0 Å². The molecule has 0 fully saturated rings. The Morgan fingerprint density at radius 1 is 0.955 bits per heavy atom. The third-order valence-electron chi connectivity index (χ3n) is 3.06. The van der Waals surface area contributed by atoms with E-state index in [-0.39, 0.29) is 18.4 Å². The molecule has 7 heteroatoms. The summed E-state index contributed by atoms with van der Waals surface area (Å²) in [6, 6.07) is 0. The van der Waals surface area contributed by atoms with E-state index in [0.29, 0.717) is 0 Å². The fourth-order valence-electron chi connectivity index (χ4n) is 1.73. The lowest BCUT2D eigenvalue weighted by molar-refractivity contribution is -0.158. The minimum absolute atomic E-state index is 0.0195. The van der Waals surface area contributed by atoms with Crippen LogP contribution in [0.25, 0.3) is 0 Å². The number of allylic oxidation sites excluding steroid dienone is 1. The lowest BCUT2D eigenvalue weighted by Crippen LogP contribution is -2.29. The average molecular weight is 316 g/mol. The Morgan fingerprint density at radius 3 is 1.82 bits per heavy atom. The number of hydrogen-bond donors (Lipinski definition) is 0. The Hall–Kier alpha value is -2.05. The smallest absolute Gasteiger partial charge is 0.468 e. The highest BCUT2D eigenvalue weighted by atomic mass is 16.7. The third kappa shape index (κ3) is 6.60. The molecule has 0 aliphatic carbocycles. The predicted molar refractivity (Wildman–Crippen MR) is 78.0 cm³/mol. The fourth-order valence-corrected chi connectivity index (χ4v) is 1.73. The van der Waals surface area contributed by atoms with Gasteiger partial charge in [0.15, 0.2) is 5.92 Å². The molecule has 7 nitrogen and oxygen atoms in total. The van der Waals surface area contributed by atoms with Crippen molar-refractivity contribution >= 4 is 18.1 Å². The summed E-state index contributed by atoms with van der Waals surface area (Å²) in [5, 5.41) is 0. The van der Waals surface area contributed by atoms with Crippen LogP contribution in [-0.2, 0) is 28.5 Å². The zero-order chi connectivity index (χ0) is 17.3. The summed E-state index contributed by atoms with van der Waals surface area (Å²) in [5.41, 5.74) is 0.428. The predicted octanol–water partition coefficient (Wildman–Crippen LogP) is 2.09. The molecular formula is C15H24O7. The summed E-state index contributed by atoms with van der Waals surface area (Å²) in [7, 11) is 3.62. The maximum absolute atomic E-state index is 11.7. The van der Waals surface area contributed by atoms with Crippen molar-refractivity contribution < 1.29 is 33.3 Å². The van der Waals surface area contributed by atoms with Gasteiger partial charge in [-0.1, -0.05) is 26.3 Å². The molecule has 0 saturated carbocycles. The summed E-state index contributed by atoms with van der Waals surface area (Å²) in [5.74, 6) is -2.40. The Morgan fingerprint density at radius 2 is 1.45 bits per heavy atom. The van der Waals surface area contributed by atoms with E-state index in [9.17, 15) is 14.4 Å². The van der Waals surface area contributed by atoms with E-state index in [1.165, 1.54) is 21.3 Å². The quantitative estimate of drug-likeness (QED) is 0.321. The first-order valence-electron chi connectivity index (χ1n) is 6.73. The molecule has 0 amide bonds. The number of methoxy groups -OCH3 is 3. The van der Waals surface area contributed by atoms with Crippen molar-refractivity contribution in [3.05, 3.63) is 11.6 Å². The van der Waals surface area contributed by atoms with Crippen molar-refractivity contribution in [2.45, 2.75) is 27.2 Å². The van der Waals surface area contributed by atoms with Crippen LogP contribution in [0.4, 0.5) is 4.79 Å². The van der Waals surface area contributed by atoms with Gasteiger partial charge >= 0.3 is 18.1 Å². The molecule has 126 valence electrons. The highest BCUT2D eigenvalue weighted by Crippen LogP contribution is 2.31. The number of carbonyl (C=O) groups is 3. The van der Waals surface area contributed by atoms with Gasteiger partial charge in [0.2, 0.25) is 0 Å². The van der Waals surface area contributed by atoms with Crippen molar-refractivity contribution in [1.29, 1.82) is 0 Å². The Labute approximate surface area is 130 Å². The van der Waals surface area contributed by atoms with Crippen LogP contribution < -0.4 is 0 Å². The number of rotatable bonds is 6.